The molecule has 0 unspecified atom stereocenters. The Kier molecular flexibility index (Phi) is 7.25. The Bertz CT molecular complexity index is 1650. The van der Waals surface area contributed by atoms with Crippen LogP contribution in [-0.2, 0) is 0 Å². The maximum Gasteiger partial charge on any atom is 0.449 e. The van der Waals surface area contributed by atoms with Crippen LogP contribution < -0.4 is 13.9 Å². The summed E-state index contributed by atoms with van der Waals surface area (Å²) >= 11 is 16.1. The Morgan fingerprint density at radius 1 is 0.875 bits per heavy atom. The molecule has 10 heteroatoms. The summed E-state index contributed by atoms with van der Waals surface area (Å²) in [4.78, 5) is 4.16. The molecule has 2 radical (unpaired) electrons. The van der Waals surface area contributed by atoms with Crippen molar-refractivity contribution in [1.29, 1.82) is 0 Å². The van der Waals surface area contributed by atoms with E-state index in [4.69, 9.17) is 37.5 Å². The molecule has 0 N–H and O–H groups in total. The molecule has 0 bridgehead atoms. The van der Waals surface area contributed by atoms with Crippen LogP contribution in [0.1, 0.15) is 18.1 Å². The van der Waals surface area contributed by atoms with Gasteiger partial charge in [-0.3, -0.25) is 9.13 Å². The first-order valence-electron chi connectivity index (χ1n) is 13.1. The molecule has 40 heavy (non-hydrogen) atoms. The van der Waals surface area contributed by atoms with Gasteiger partial charge in [0, 0.05) is 23.8 Å². The third-order valence-electron chi connectivity index (χ3n) is 7.24. The van der Waals surface area contributed by atoms with E-state index < -0.39 is 7.12 Å². The van der Waals surface area contributed by atoms with E-state index in [0.29, 0.717) is 10.7 Å². The van der Waals surface area contributed by atoms with Crippen LogP contribution in [0.25, 0.3) is 5.69 Å². The topological polar surface area (TPSA) is 24.1 Å². The summed E-state index contributed by atoms with van der Waals surface area (Å²) in [5, 5.41) is 0.761. The maximum atomic E-state index is 6.07. The summed E-state index contributed by atoms with van der Waals surface area (Å²) in [6.07, 6.45) is 20.8. The minimum absolute atomic E-state index is 0.400. The van der Waals surface area contributed by atoms with Crippen molar-refractivity contribution >= 4 is 50.3 Å². The van der Waals surface area contributed by atoms with Crippen molar-refractivity contribution in [2.75, 3.05) is 4.90 Å². The fourth-order valence-corrected chi connectivity index (χ4v) is 5.94. The Labute approximate surface area is 252 Å². The van der Waals surface area contributed by atoms with Gasteiger partial charge in [-0.25, -0.2) is 12.2 Å². The van der Waals surface area contributed by atoms with Crippen LogP contribution in [0.15, 0.2) is 115 Å². The van der Waals surface area contributed by atoms with Crippen LogP contribution in [0, 0.1) is 36.1 Å². The highest BCUT2D eigenvalue weighted by Crippen LogP contribution is 2.33. The predicted molar refractivity (Wildman–Crippen MR) is 169 cm³/mol. The predicted octanol–water partition coefficient (Wildman–Crippen LogP) is 5.40. The van der Waals surface area contributed by atoms with Crippen molar-refractivity contribution in [2.45, 2.75) is 25.9 Å². The van der Waals surface area contributed by atoms with Gasteiger partial charge in [0.25, 0.3) is 0 Å². The third kappa shape index (κ3) is 4.84. The number of anilines is 1. The highest BCUT2D eigenvalue weighted by atomic mass is 32.1. The van der Waals surface area contributed by atoms with Crippen molar-refractivity contribution in [2.24, 2.45) is 5.92 Å². The second kappa shape index (κ2) is 10.8. The first kappa shape index (κ1) is 26.7. The Hall–Kier alpha value is -3.47. The van der Waals surface area contributed by atoms with Crippen molar-refractivity contribution in [1.82, 2.24) is 13.9 Å². The van der Waals surface area contributed by atoms with E-state index in [-0.39, 0.29) is 0 Å². The fourth-order valence-electron chi connectivity index (χ4n) is 4.91. The molecule has 0 atom stereocenters. The molecule has 0 spiro atoms. The highest BCUT2D eigenvalue weighted by Gasteiger charge is 2.35. The second-order valence-corrected chi connectivity index (χ2v) is 11.3. The number of aryl methyl sites for hydroxylation is 2. The molecule has 0 saturated carbocycles. The Morgan fingerprint density at radius 3 is 2.15 bits per heavy atom. The molecule has 4 aromatic rings. The average molecular weight is 582 g/mol. The second-order valence-electron chi connectivity index (χ2n) is 10.1. The standard InChI is InChI=1S/C30H30BN6S3/c1-22-4-10-25(11-5-22)32-16-19-35(28(32)38)31(36-20-17-33(29(36)39)26-12-6-23(2)7-13-26)37-21-18-34(30(37)40)27-14-8-24(3)9-15-27/h4-22,38-39H,1-3H3/q-1. The van der Waals surface area contributed by atoms with Crippen molar-refractivity contribution in [3.8, 4) is 5.69 Å². The van der Waals surface area contributed by atoms with E-state index in [2.05, 4.69) is 117 Å². The SMILES string of the molecule is Cc1ccc(N2C=CN([B-](n3ccn(-c4ccc(C)cc4)c3=S)[n+]3cc[n+]([C-]4C=CC(C)C=C4)[c-]3S)[C]2S)cc1. The molecule has 0 fully saturated rings. The van der Waals surface area contributed by atoms with Gasteiger partial charge >= 0.3 is 12.3 Å². The quantitative estimate of drug-likeness (QED) is 0.105. The molecular formula is C30H30BN6S3-. The zero-order chi connectivity index (χ0) is 28.0. The van der Waals surface area contributed by atoms with Crippen molar-refractivity contribution in [3.05, 3.63) is 137 Å². The van der Waals surface area contributed by atoms with Gasteiger partial charge in [-0.15, -0.1) is 30.7 Å². The molecule has 1 aliphatic heterocycles. The number of nitrogens with zero attached hydrogens (tertiary/aromatic N) is 6. The number of imidazole rings is 2. The largest absolute Gasteiger partial charge is 0.457 e. The van der Waals surface area contributed by atoms with Crippen LogP contribution >= 0.6 is 37.5 Å². The lowest BCUT2D eigenvalue weighted by Crippen LogP contribution is -2.66. The van der Waals surface area contributed by atoms with E-state index in [1.807, 2.05) is 41.8 Å². The molecule has 6 nitrogen and oxygen atoms in total. The smallest absolute Gasteiger partial charge is 0.449 e. The third-order valence-corrected chi connectivity index (χ3v) is 8.54. The minimum atomic E-state index is -0.400. The number of aromatic nitrogens is 4. The monoisotopic (exact) mass is 581 g/mol. The van der Waals surface area contributed by atoms with Gasteiger partial charge < -0.3 is 18.7 Å². The normalized spacial score (nSPS) is 15.8. The highest BCUT2D eigenvalue weighted by molar-refractivity contribution is 7.83. The summed E-state index contributed by atoms with van der Waals surface area (Å²) in [5.41, 5.74) is 5.21. The zero-order valence-electron chi connectivity index (χ0n) is 22.5. The summed E-state index contributed by atoms with van der Waals surface area (Å²) in [6, 6.07) is 17.8. The van der Waals surface area contributed by atoms with Crippen molar-refractivity contribution in [3.63, 3.8) is 0 Å². The Morgan fingerprint density at radius 2 is 1.50 bits per heavy atom. The van der Waals surface area contributed by atoms with E-state index in [9.17, 15) is 0 Å². The van der Waals surface area contributed by atoms with E-state index in [0.717, 1.165) is 28.1 Å². The molecule has 2 aromatic heterocycles. The number of thiol groups is 2. The molecule has 0 amide bonds. The molecule has 6 rings (SSSR count). The number of hydrogen-bond acceptors (Lipinski definition) is 5. The van der Waals surface area contributed by atoms with Crippen LogP contribution in [-0.4, -0.2) is 21.0 Å². The van der Waals surface area contributed by atoms with Crippen LogP contribution in [0.3, 0.4) is 0 Å². The van der Waals surface area contributed by atoms with Crippen LogP contribution in [0.2, 0.25) is 0 Å². The summed E-state index contributed by atoms with van der Waals surface area (Å²) < 4.78 is 8.92. The average Bonchev–Trinajstić information content (AvgIpc) is 3.64. The molecule has 202 valence electrons. The van der Waals surface area contributed by atoms with Crippen LogP contribution in [0.5, 0.6) is 0 Å². The first-order chi connectivity index (χ1) is 19.3. The van der Waals surface area contributed by atoms with Crippen LogP contribution in [0.4, 0.5) is 5.69 Å². The van der Waals surface area contributed by atoms with E-state index in [1.54, 1.807) is 0 Å². The van der Waals surface area contributed by atoms with Gasteiger partial charge in [-0.1, -0.05) is 54.9 Å². The van der Waals surface area contributed by atoms with Gasteiger partial charge in [-0.05, 0) is 62.7 Å². The molecule has 1 aliphatic carbocycles. The molecule has 3 heterocycles. The number of rotatable bonds is 6. The van der Waals surface area contributed by atoms with Crippen molar-refractivity contribution < 1.29 is 9.05 Å². The summed E-state index contributed by atoms with van der Waals surface area (Å²) in [5.74, 6) is 0.409. The number of hydrogen-bond donors (Lipinski definition) is 2. The van der Waals surface area contributed by atoms with E-state index >= 15 is 0 Å². The lowest BCUT2D eigenvalue weighted by atomic mass is 9.90. The zero-order valence-corrected chi connectivity index (χ0v) is 25.1. The Balaban J connectivity index is 1.43. The fraction of sp³-hybridized carbons (Fsp3) is 0.133. The lowest BCUT2D eigenvalue weighted by Gasteiger charge is -2.37. The van der Waals surface area contributed by atoms with Gasteiger partial charge in [0.15, 0.2) is 5.50 Å². The lowest BCUT2D eigenvalue weighted by molar-refractivity contribution is -0.773. The van der Waals surface area contributed by atoms with E-state index in [1.165, 1.54) is 11.1 Å². The minimum Gasteiger partial charge on any atom is -0.457 e. The molecule has 2 aromatic carbocycles. The van der Waals surface area contributed by atoms with Gasteiger partial charge in [0.1, 0.15) is 17.2 Å². The summed E-state index contributed by atoms with van der Waals surface area (Å²) in [7, 11) is -0.400. The number of allylic oxidation sites excluding steroid dienone is 4. The van der Waals surface area contributed by atoms with Gasteiger partial charge in [0.05, 0.1) is 6.04 Å². The molecular weight excluding hydrogens is 551 g/mol. The molecule has 0 saturated heterocycles. The maximum absolute atomic E-state index is 6.07. The first-order valence-corrected chi connectivity index (χ1v) is 14.4. The van der Waals surface area contributed by atoms with Gasteiger partial charge in [0.2, 0.25) is 0 Å². The number of benzene rings is 2. The summed E-state index contributed by atoms with van der Waals surface area (Å²) in [6.45, 7) is 6.34. The molecule has 2 aliphatic rings. The van der Waals surface area contributed by atoms with Gasteiger partial charge in [-0.2, -0.15) is 0 Å².